The van der Waals surface area contributed by atoms with E-state index in [9.17, 15) is 4.79 Å². The van der Waals surface area contributed by atoms with Crippen LogP contribution in [-0.4, -0.2) is 16.4 Å². The highest BCUT2D eigenvalue weighted by Crippen LogP contribution is 2.22. The second-order valence-corrected chi connectivity index (χ2v) is 6.20. The Morgan fingerprint density at radius 2 is 2.06 bits per heavy atom. The average Bonchev–Trinajstić information content (AvgIpc) is 2.82. The quantitative estimate of drug-likeness (QED) is 0.650. The molecule has 1 aromatic carbocycles. The van der Waals surface area contributed by atoms with Gasteiger partial charge in [0.25, 0.3) is 5.91 Å². The van der Waals surface area contributed by atoms with E-state index in [1.807, 2.05) is 6.07 Å². The van der Waals surface area contributed by atoms with Crippen LogP contribution in [0.1, 0.15) is 41.8 Å². The Morgan fingerprint density at radius 3 is 2.72 bits per heavy atom. The smallest absolute Gasteiger partial charge is 0.251 e. The van der Waals surface area contributed by atoms with Crippen molar-refractivity contribution in [3.63, 3.8) is 0 Å². The molecule has 0 heterocycles. The van der Waals surface area contributed by atoms with Crippen molar-refractivity contribution < 1.29 is 4.79 Å². The van der Waals surface area contributed by atoms with Crippen molar-refractivity contribution in [2.24, 2.45) is 5.92 Å². The number of rotatable bonds is 4. The van der Waals surface area contributed by atoms with Gasteiger partial charge >= 0.3 is 0 Å². The predicted molar refractivity (Wildman–Crippen MR) is 83.4 cm³/mol. The summed E-state index contributed by atoms with van der Waals surface area (Å²) in [5.41, 5.74) is 3.59. The molecule has 0 fully saturated rings. The number of hydrogen-bond acceptors (Lipinski definition) is 1. The van der Waals surface area contributed by atoms with Gasteiger partial charge in [0.05, 0.1) is 0 Å². The van der Waals surface area contributed by atoms with E-state index in [0.29, 0.717) is 5.92 Å². The first-order valence-electron chi connectivity index (χ1n) is 6.60. The van der Waals surface area contributed by atoms with Crippen molar-refractivity contribution in [1.29, 1.82) is 0 Å². The molecule has 0 bridgehead atoms. The Hall–Kier alpha value is -0.580. The van der Waals surface area contributed by atoms with E-state index in [-0.39, 0.29) is 11.9 Å². The van der Waals surface area contributed by atoms with Gasteiger partial charge in [-0.2, -0.15) is 0 Å². The number of hydrogen-bond donors (Lipinski definition) is 1. The van der Waals surface area contributed by atoms with Gasteiger partial charge in [-0.1, -0.05) is 42.5 Å². The number of alkyl halides is 1. The van der Waals surface area contributed by atoms with Crippen molar-refractivity contribution in [2.75, 3.05) is 4.43 Å². The van der Waals surface area contributed by atoms with Gasteiger partial charge in [0.15, 0.2) is 0 Å². The van der Waals surface area contributed by atoms with Crippen LogP contribution in [0.5, 0.6) is 0 Å². The monoisotopic (exact) mass is 357 g/mol. The van der Waals surface area contributed by atoms with Crippen LogP contribution in [0.25, 0.3) is 0 Å². The van der Waals surface area contributed by atoms with Crippen molar-refractivity contribution in [1.82, 2.24) is 5.32 Å². The van der Waals surface area contributed by atoms with Crippen LogP contribution in [0.15, 0.2) is 18.2 Å². The second-order valence-electron chi connectivity index (χ2n) is 5.32. The van der Waals surface area contributed by atoms with Crippen LogP contribution in [-0.2, 0) is 12.8 Å². The average molecular weight is 357 g/mol. The molecule has 18 heavy (non-hydrogen) atoms. The summed E-state index contributed by atoms with van der Waals surface area (Å²) in [5, 5.41) is 3.13. The van der Waals surface area contributed by atoms with Gasteiger partial charge in [0.1, 0.15) is 0 Å². The van der Waals surface area contributed by atoms with Gasteiger partial charge in [0.2, 0.25) is 0 Å². The van der Waals surface area contributed by atoms with Gasteiger partial charge in [-0.05, 0) is 48.4 Å². The minimum Gasteiger partial charge on any atom is -0.348 e. The Bertz CT molecular complexity index is 442. The molecule has 1 amide bonds. The van der Waals surface area contributed by atoms with E-state index in [2.05, 4.69) is 53.9 Å². The zero-order chi connectivity index (χ0) is 13.1. The molecule has 2 nitrogen and oxygen atoms in total. The maximum absolute atomic E-state index is 12.2. The van der Waals surface area contributed by atoms with Crippen LogP contribution >= 0.6 is 22.6 Å². The Balaban J connectivity index is 2.09. The topological polar surface area (TPSA) is 29.1 Å². The molecule has 1 atom stereocenters. The van der Waals surface area contributed by atoms with Crippen LogP contribution < -0.4 is 5.32 Å². The standard InChI is InChI=1S/C15H20INO/c1-10(2)14(9-16)17-15(18)13-7-6-11-4-3-5-12(11)8-13/h6-8,10,14H,3-5,9H2,1-2H3,(H,17,18). The third kappa shape index (κ3) is 3.05. The Kier molecular flexibility index (Phi) is 4.65. The zero-order valence-corrected chi connectivity index (χ0v) is 13.2. The van der Waals surface area contributed by atoms with Crippen molar-refractivity contribution in [3.8, 4) is 0 Å². The lowest BCUT2D eigenvalue weighted by Gasteiger charge is -2.20. The molecule has 1 N–H and O–H groups in total. The number of amides is 1. The molecule has 1 aliphatic rings. The van der Waals surface area contributed by atoms with Gasteiger partial charge in [-0.3, -0.25) is 4.79 Å². The second kappa shape index (κ2) is 6.04. The first-order valence-corrected chi connectivity index (χ1v) is 8.13. The Morgan fingerprint density at radius 1 is 1.33 bits per heavy atom. The molecule has 0 saturated heterocycles. The summed E-state index contributed by atoms with van der Waals surface area (Å²) < 4.78 is 0.951. The molecular formula is C15H20INO. The van der Waals surface area contributed by atoms with Gasteiger partial charge in [-0.15, -0.1) is 0 Å². The summed E-state index contributed by atoms with van der Waals surface area (Å²) in [7, 11) is 0. The highest BCUT2D eigenvalue weighted by atomic mass is 127. The number of aryl methyl sites for hydroxylation is 2. The summed E-state index contributed by atoms with van der Waals surface area (Å²) in [6, 6.07) is 6.41. The molecule has 0 radical (unpaired) electrons. The highest BCUT2D eigenvalue weighted by molar-refractivity contribution is 14.1. The van der Waals surface area contributed by atoms with E-state index < -0.39 is 0 Å². The summed E-state index contributed by atoms with van der Waals surface area (Å²) in [6.07, 6.45) is 3.51. The van der Waals surface area contributed by atoms with Crippen molar-refractivity contribution >= 4 is 28.5 Å². The Labute approximate surface area is 123 Å². The maximum atomic E-state index is 12.2. The lowest BCUT2D eigenvalue weighted by atomic mass is 10.0. The van der Waals surface area contributed by atoms with Crippen molar-refractivity contribution in [2.45, 2.75) is 39.2 Å². The molecule has 0 aliphatic heterocycles. The third-order valence-electron chi connectivity index (χ3n) is 3.65. The van der Waals surface area contributed by atoms with Crippen LogP contribution in [0, 0.1) is 5.92 Å². The van der Waals surface area contributed by atoms with Crippen LogP contribution in [0.2, 0.25) is 0 Å². The largest absolute Gasteiger partial charge is 0.348 e. The molecule has 0 aromatic heterocycles. The first kappa shape index (κ1) is 13.8. The molecular weight excluding hydrogens is 337 g/mol. The number of carbonyl (C=O) groups excluding carboxylic acids is 1. The van der Waals surface area contributed by atoms with Crippen LogP contribution in [0.3, 0.4) is 0 Å². The van der Waals surface area contributed by atoms with Crippen LogP contribution in [0.4, 0.5) is 0 Å². The summed E-state index contributed by atoms with van der Waals surface area (Å²) in [4.78, 5) is 12.2. The molecule has 0 saturated carbocycles. The molecule has 2 rings (SSSR count). The van der Waals surface area contributed by atoms with E-state index in [0.717, 1.165) is 16.4 Å². The van der Waals surface area contributed by atoms with Gasteiger partial charge in [0, 0.05) is 16.0 Å². The van der Waals surface area contributed by atoms with E-state index in [4.69, 9.17) is 0 Å². The van der Waals surface area contributed by atoms with Crippen molar-refractivity contribution in [3.05, 3.63) is 34.9 Å². The number of halogens is 1. The molecule has 98 valence electrons. The number of nitrogens with one attached hydrogen (secondary N) is 1. The fourth-order valence-corrected chi connectivity index (χ4v) is 3.59. The van der Waals surface area contributed by atoms with E-state index in [1.165, 1.54) is 24.0 Å². The third-order valence-corrected chi connectivity index (χ3v) is 4.60. The van der Waals surface area contributed by atoms with E-state index in [1.54, 1.807) is 0 Å². The number of benzene rings is 1. The highest BCUT2D eigenvalue weighted by Gasteiger charge is 2.18. The molecule has 1 aliphatic carbocycles. The predicted octanol–water partition coefficient (Wildman–Crippen LogP) is 3.36. The van der Waals surface area contributed by atoms with E-state index >= 15 is 0 Å². The zero-order valence-electron chi connectivity index (χ0n) is 11.0. The lowest BCUT2D eigenvalue weighted by Crippen LogP contribution is -2.39. The fourth-order valence-electron chi connectivity index (χ4n) is 2.35. The SMILES string of the molecule is CC(C)C(CI)NC(=O)c1ccc2c(c1)CCC2. The minimum atomic E-state index is 0.0695. The van der Waals surface area contributed by atoms with Gasteiger partial charge < -0.3 is 5.32 Å². The normalized spacial score (nSPS) is 15.6. The number of carbonyl (C=O) groups is 1. The lowest BCUT2D eigenvalue weighted by molar-refractivity contribution is 0.0932. The van der Waals surface area contributed by atoms with Gasteiger partial charge in [-0.25, -0.2) is 0 Å². The molecule has 3 heteroatoms. The first-order chi connectivity index (χ1) is 8.61. The maximum Gasteiger partial charge on any atom is 0.251 e. The summed E-state index contributed by atoms with van der Waals surface area (Å²) in [6.45, 7) is 4.29. The molecule has 1 unspecified atom stereocenters. The molecule has 1 aromatic rings. The minimum absolute atomic E-state index is 0.0695. The molecule has 0 spiro atoms. The summed E-state index contributed by atoms with van der Waals surface area (Å²) in [5.74, 6) is 0.542. The number of fused-ring (bicyclic) bond motifs is 1. The summed E-state index contributed by atoms with van der Waals surface area (Å²) >= 11 is 2.33. The fraction of sp³-hybridized carbons (Fsp3) is 0.533.